The Bertz CT molecular complexity index is 558. The average molecular weight is 251 g/mol. The van der Waals surface area contributed by atoms with E-state index in [1.807, 2.05) is 0 Å². The third-order valence-electron chi connectivity index (χ3n) is 2.20. The Kier molecular flexibility index (Phi) is 2.97. The molecule has 5 heteroatoms. The Hall–Kier alpha value is -2.07. The lowest BCUT2D eigenvalue weighted by atomic mass is 10.2. The van der Waals surface area contributed by atoms with Crippen LogP contribution in [0.3, 0.4) is 0 Å². The summed E-state index contributed by atoms with van der Waals surface area (Å²) in [4.78, 5) is 0. The molecule has 0 saturated carbocycles. The van der Waals surface area contributed by atoms with Crippen LogP contribution in [-0.4, -0.2) is 5.11 Å². The van der Waals surface area contributed by atoms with Crippen LogP contribution in [0.1, 0.15) is 0 Å². The Balaban J connectivity index is 2.28. The minimum atomic E-state index is 0.0152. The van der Waals surface area contributed by atoms with E-state index in [-0.39, 0.29) is 11.4 Å². The van der Waals surface area contributed by atoms with Gasteiger partial charge in [0.15, 0.2) is 0 Å². The number of phenols is 1. The number of aromatic hydroxyl groups is 1. The van der Waals surface area contributed by atoms with E-state index in [0.717, 1.165) is 0 Å². The number of hydrogen-bond donors (Lipinski definition) is 3. The number of nitrogen functional groups attached to an aromatic ring is 2. The average Bonchev–Trinajstić information content (AvgIpc) is 2.27. The molecule has 0 aliphatic rings. The Morgan fingerprint density at radius 1 is 1.00 bits per heavy atom. The highest BCUT2D eigenvalue weighted by molar-refractivity contribution is 6.30. The monoisotopic (exact) mass is 250 g/mol. The first-order chi connectivity index (χ1) is 8.06. The first-order valence-corrected chi connectivity index (χ1v) is 5.25. The van der Waals surface area contributed by atoms with E-state index in [1.165, 1.54) is 12.1 Å². The van der Waals surface area contributed by atoms with Crippen molar-refractivity contribution < 1.29 is 9.84 Å². The molecular weight excluding hydrogens is 240 g/mol. The summed E-state index contributed by atoms with van der Waals surface area (Å²) in [6.07, 6.45) is 0. The van der Waals surface area contributed by atoms with E-state index < -0.39 is 0 Å². The first kappa shape index (κ1) is 11.4. The van der Waals surface area contributed by atoms with Gasteiger partial charge >= 0.3 is 0 Å². The van der Waals surface area contributed by atoms with Gasteiger partial charge in [-0.2, -0.15) is 0 Å². The van der Waals surface area contributed by atoms with Crippen molar-refractivity contribution in [3.63, 3.8) is 0 Å². The molecule has 0 fully saturated rings. The lowest BCUT2D eigenvalue weighted by Crippen LogP contribution is -1.93. The molecule has 0 heterocycles. The molecule has 5 N–H and O–H groups in total. The quantitative estimate of drug-likeness (QED) is 0.565. The summed E-state index contributed by atoms with van der Waals surface area (Å²) >= 11 is 5.78. The second kappa shape index (κ2) is 4.43. The van der Waals surface area contributed by atoms with Gasteiger partial charge in [0, 0.05) is 11.1 Å². The van der Waals surface area contributed by atoms with Crippen LogP contribution in [0.5, 0.6) is 17.2 Å². The van der Waals surface area contributed by atoms with Gasteiger partial charge in [-0.1, -0.05) is 11.6 Å². The van der Waals surface area contributed by atoms with Gasteiger partial charge in [-0.05, 0) is 30.3 Å². The van der Waals surface area contributed by atoms with Gasteiger partial charge in [-0.3, -0.25) is 0 Å². The maximum atomic E-state index is 9.28. The lowest BCUT2D eigenvalue weighted by molar-refractivity contribution is 0.468. The minimum absolute atomic E-state index is 0.0152. The van der Waals surface area contributed by atoms with Crippen molar-refractivity contribution in [3.8, 4) is 17.2 Å². The summed E-state index contributed by atoms with van der Waals surface area (Å²) in [5.41, 5.74) is 12.0. The van der Waals surface area contributed by atoms with Gasteiger partial charge in [0.25, 0.3) is 0 Å². The van der Waals surface area contributed by atoms with E-state index >= 15 is 0 Å². The highest BCUT2D eigenvalue weighted by atomic mass is 35.5. The molecule has 0 radical (unpaired) electrons. The Labute approximate surface area is 103 Å². The van der Waals surface area contributed by atoms with Gasteiger partial charge in [0.05, 0.1) is 11.4 Å². The topological polar surface area (TPSA) is 81.5 Å². The van der Waals surface area contributed by atoms with Crippen LogP contribution in [-0.2, 0) is 0 Å². The normalized spacial score (nSPS) is 10.2. The molecular formula is C12H11ClN2O2. The number of anilines is 2. The molecule has 0 aliphatic carbocycles. The number of benzene rings is 2. The van der Waals surface area contributed by atoms with Crippen molar-refractivity contribution in [3.05, 3.63) is 41.4 Å². The number of ether oxygens (including phenoxy) is 1. The zero-order chi connectivity index (χ0) is 12.4. The largest absolute Gasteiger partial charge is 0.506 e. The highest BCUT2D eigenvalue weighted by Crippen LogP contribution is 2.32. The molecule has 0 aromatic heterocycles. The molecule has 0 saturated heterocycles. The van der Waals surface area contributed by atoms with Crippen molar-refractivity contribution in [2.45, 2.75) is 0 Å². The predicted octanol–water partition coefficient (Wildman–Crippen LogP) is 3.00. The highest BCUT2D eigenvalue weighted by Gasteiger charge is 2.04. The minimum Gasteiger partial charge on any atom is -0.506 e. The molecule has 88 valence electrons. The summed E-state index contributed by atoms with van der Waals surface area (Å²) < 4.78 is 5.53. The molecule has 17 heavy (non-hydrogen) atoms. The van der Waals surface area contributed by atoms with Crippen molar-refractivity contribution in [1.82, 2.24) is 0 Å². The van der Waals surface area contributed by atoms with Crippen LogP contribution in [0, 0.1) is 0 Å². The van der Waals surface area contributed by atoms with Crippen LogP contribution < -0.4 is 16.2 Å². The molecule has 0 amide bonds. The van der Waals surface area contributed by atoms with E-state index in [0.29, 0.717) is 22.2 Å². The maximum absolute atomic E-state index is 9.28. The number of rotatable bonds is 2. The number of halogens is 1. The molecule has 2 rings (SSSR count). The second-order valence-corrected chi connectivity index (χ2v) is 3.94. The number of hydrogen-bond acceptors (Lipinski definition) is 4. The van der Waals surface area contributed by atoms with Gasteiger partial charge in [-0.25, -0.2) is 0 Å². The van der Waals surface area contributed by atoms with Crippen molar-refractivity contribution in [2.75, 3.05) is 11.5 Å². The van der Waals surface area contributed by atoms with Crippen LogP contribution in [0.25, 0.3) is 0 Å². The van der Waals surface area contributed by atoms with Gasteiger partial charge in [0.2, 0.25) is 0 Å². The summed E-state index contributed by atoms with van der Waals surface area (Å²) in [6.45, 7) is 0. The Morgan fingerprint density at radius 3 is 2.41 bits per heavy atom. The zero-order valence-corrected chi connectivity index (χ0v) is 9.61. The van der Waals surface area contributed by atoms with Crippen molar-refractivity contribution in [1.29, 1.82) is 0 Å². The molecule has 4 nitrogen and oxygen atoms in total. The maximum Gasteiger partial charge on any atom is 0.150 e. The third-order valence-corrected chi connectivity index (χ3v) is 2.43. The summed E-state index contributed by atoms with van der Waals surface area (Å²) in [6, 6.07) is 9.51. The molecule has 0 bridgehead atoms. The summed E-state index contributed by atoms with van der Waals surface area (Å²) in [7, 11) is 0. The van der Waals surface area contributed by atoms with E-state index in [2.05, 4.69) is 0 Å². The van der Waals surface area contributed by atoms with Crippen LogP contribution in [0.2, 0.25) is 5.02 Å². The predicted molar refractivity (Wildman–Crippen MR) is 68.5 cm³/mol. The van der Waals surface area contributed by atoms with Gasteiger partial charge < -0.3 is 21.3 Å². The smallest absolute Gasteiger partial charge is 0.150 e. The second-order valence-electron chi connectivity index (χ2n) is 3.50. The fourth-order valence-corrected chi connectivity index (χ4v) is 1.52. The SMILES string of the molecule is Nc1cc(Oc2ccc(Cl)cc2N)ccc1O. The molecule has 0 aliphatic heterocycles. The third kappa shape index (κ3) is 2.54. The van der Waals surface area contributed by atoms with E-state index in [1.54, 1.807) is 24.3 Å². The standard InChI is InChI=1S/C12H11ClN2O2/c13-7-1-4-12(10(15)5-7)17-8-2-3-11(16)9(14)6-8/h1-6,16H,14-15H2. The van der Waals surface area contributed by atoms with Gasteiger partial charge in [-0.15, -0.1) is 0 Å². The first-order valence-electron chi connectivity index (χ1n) is 4.87. The van der Waals surface area contributed by atoms with Crippen LogP contribution in [0.4, 0.5) is 11.4 Å². The summed E-state index contributed by atoms with van der Waals surface area (Å²) in [5.74, 6) is 0.996. The van der Waals surface area contributed by atoms with Gasteiger partial charge in [0.1, 0.15) is 17.2 Å². The number of nitrogens with two attached hydrogens (primary N) is 2. The summed E-state index contributed by atoms with van der Waals surface area (Å²) in [5, 5.41) is 9.82. The zero-order valence-electron chi connectivity index (χ0n) is 8.85. The molecule has 2 aromatic carbocycles. The van der Waals surface area contributed by atoms with Crippen molar-refractivity contribution in [2.24, 2.45) is 0 Å². The molecule has 2 aromatic rings. The fourth-order valence-electron chi connectivity index (χ4n) is 1.34. The van der Waals surface area contributed by atoms with Crippen molar-refractivity contribution >= 4 is 23.0 Å². The molecule has 0 atom stereocenters. The fraction of sp³-hybridized carbons (Fsp3) is 0. The van der Waals surface area contributed by atoms with Crippen LogP contribution >= 0.6 is 11.6 Å². The number of phenolic OH excluding ortho intramolecular Hbond substituents is 1. The lowest BCUT2D eigenvalue weighted by Gasteiger charge is -2.09. The van der Waals surface area contributed by atoms with E-state index in [9.17, 15) is 5.11 Å². The molecule has 0 spiro atoms. The van der Waals surface area contributed by atoms with Crippen LogP contribution in [0.15, 0.2) is 36.4 Å². The molecule has 0 unspecified atom stereocenters. The Morgan fingerprint density at radius 2 is 1.76 bits per heavy atom. The van der Waals surface area contributed by atoms with E-state index in [4.69, 9.17) is 27.8 Å².